The number of esters is 3. The Hall–Kier alpha value is -3.93. The van der Waals surface area contributed by atoms with Crippen LogP contribution < -0.4 is 4.74 Å². The molecule has 0 saturated carbocycles. The fourth-order valence-electron chi connectivity index (χ4n) is 5.75. The summed E-state index contributed by atoms with van der Waals surface area (Å²) in [5.74, 6) is -1.39. The molecule has 0 saturated heterocycles. The Bertz CT molecular complexity index is 1360. The Labute approximate surface area is 294 Å². The third-order valence-electron chi connectivity index (χ3n) is 8.89. The summed E-state index contributed by atoms with van der Waals surface area (Å²) in [6, 6.07) is 22.1. The van der Waals surface area contributed by atoms with E-state index in [0.29, 0.717) is 17.9 Å². The molecule has 0 spiro atoms. The number of unbranched alkanes of at least 4 members (excludes halogenated alkanes) is 14. The van der Waals surface area contributed by atoms with Crippen LogP contribution in [0.4, 0.5) is 0 Å². The molecule has 0 bridgehead atoms. The minimum Gasteiger partial charge on any atom is -0.463 e. The molecule has 0 N–H and O–H groups in total. The van der Waals surface area contributed by atoms with Gasteiger partial charge in [-0.2, -0.15) is 0 Å². The first-order valence-corrected chi connectivity index (χ1v) is 18.8. The lowest BCUT2D eigenvalue weighted by molar-refractivity contribution is -0.153. The summed E-state index contributed by atoms with van der Waals surface area (Å²) in [7, 11) is 0. The summed E-state index contributed by atoms with van der Waals surface area (Å²) in [4.78, 5) is 37.7. The molecule has 0 aliphatic carbocycles. The Morgan fingerprint density at radius 3 is 1.53 bits per heavy atom. The summed E-state index contributed by atoms with van der Waals surface area (Å²) in [6.07, 6.45) is 19.9. The van der Waals surface area contributed by atoms with Gasteiger partial charge in [-0.1, -0.05) is 140 Å². The first-order valence-electron chi connectivity index (χ1n) is 18.8. The van der Waals surface area contributed by atoms with E-state index in [1.807, 2.05) is 12.1 Å². The van der Waals surface area contributed by atoms with Gasteiger partial charge in [0.05, 0.1) is 17.7 Å². The number of ether oxygens (including phenoxy) is 3. The van der Waals surface area contributed by atoms with Gasteiger partial charge in [-0.25, -0.2) is 14.4 Å². The molecule has 1 atom stereocenters. The maximum atomic E-state index is 12.8. The van der Waals surface area contributed by atoms with Crippen LogP contribution in [-0.2, 0) is 20.7 Å². The molecule has 0 aliphatic rings. The third-order valence-corrected chi connectivity index (χ3v) is 8.89. The highest BCUT2D eigenvalue weighted by molar-refractivity contribution is 5.93. The second-order valence-corrected chi connectivity index (χ2v) is 13.1. The number of aryl methyl sites for hydroxylation is 1. The average Bonchev–Trinajstić information content (AvgIpc) is 3.12. The van der Waals surface area contributed by atoms with Crippen molar-refractivity contribution in [2.75, 3.05) is 6.61 Å². The van der Waals surface area contributed by atoms with E-state index in [4.69, 9.17) is 14.2 Å². The van der Waals surface area contributed by atoms with E-state index in [-0.39, 0.29) is 5.56 Å². The summed E-state index contributed by atoms with van der Waals surface area (Å²) in [6.45, 7) is 6.31. The van der Waals surface area contributed by atoms with Crippen molar-refractivity contribution in [3.63, 3.8) is 0 Å². The van der Waals surface area contributed by atoms with Crippen molar-refractivity contribution in [2.24, 2.45) is 0 Å². The minimum atomic E-state index is -1.01. The molecule has 0 aromatic heterocycles. The molecule has 49 heavy (non-hydrogen) atoms. The molecule has 6 heteroatoms. The number of hydrogen-bond donors (Lipinski definition) is 0. The van der Waals surface area contributed by atoms with Crippen molar-refractivity contribution < 1.29 is 28.6 Å². The summed E-state index contributed by atoms with van der Waals surface area (Å²) in [5, 5.41) is 0. The smallest absolute Gasteiger partial charge is 0.347 e. The number of carbonyl (C=O) groups excluding carboxylic acids is 3. The van der Waals surface area contributed by atoms with E-state index < -0.39 is 24.0 Å². The van der Waals surface area contributed by atoms with Crippen LogP contribution in [0.3, 0.4) is 0 Å². The van der Waals surface area contributed by atoms with Gasteiger partial charge in [0.15, 0.2) is 6.10 Å². The van der Waals surface area contributed by atoms with Gasteiger partial charge in [0.1, 0.15) is 5.75 Å². The van der Waals surface area contributed by atoms with E-state index in [1.165, 1.54) is 120 Å². The Kier molecular flexibility index (Phi) is 18.9. The Morgan fingerprint density at radius 2 is 0.980 bits per heavy atom. The zero-order chi connectivity index (χ0) is 35.1. The van der Waals surface area contributed by atoms with Gasteiger partial charge in [-0.05, 0) is 79.3 Å². The predicted octanol–water partition coefficient (Wildman–Crippen LogP) is 11.5. The quantitative estimate of drug-likeness (QED) is 0.0536. The SMILES string of the molecule is CCCCCCCCCCCCOC(=O)[C@H](C)OC(=O)c1ccc(OC(=O)c2ccc(-c3ccc(CCCCCCCC)cc3)cc2)cc1. The normalized spacial score (nSPS) is 11.6. The number of rotatable bonds is 24. The standard InChI is InChI=1S/C43H58O6/c1-4-6-8-10-12-13-14-15-17-19-33-47-41(44)34(3)48-42(45)39-29-31-40(32-30-39)49-43(46)38-27-25-37(26-28-38)36-23-21-35(22-24-36)20-18-16-11-9-7-5-2/h21-32,34H,4-20,33H2,1-3H3/t34-/m0/s1. The molecule has 0 amide bonds. The number of benzene rings is 3. The number of hydrogen-bond acceptors (Lipinski definition) is 6. The Balaban J connectivity index is 1.35. The van der Waals surface area contributed by atoms with Crippen LogP contribution in [0.2, 0.25) is 0 Å². The van der Waals surface area contributed by atoms with Crippen LogP contribution in [0, 0.1) is 0 Å². The van der Waals surface area contributed by atoms with Gasteiger partial charge in [-0.3, -0.25) is 0 Å². The third kappa shape index (κ3) is 15.4. The van der Waals surface area contributed by atoms with Gasteiger partial charge >= 0.3 is 17.9 Å². The van der Waals surface area contributed by atoms with Crippen LogP contribution in [0.25, 0.3) is 11.1 Å². The van der Waals surface area contributed by atoms with E-state index in [9.17, 15) is 14.4 Å². The summed E-state index contributed by atoms with van der Waals surface area (Å²) >= 11 is 0. The maximum Gasteiger partial charge on any atom is 0.347 e. The second kappa shape index (κ2) is 23.4. The summed E-state index contributed by atoms with van der Waals surface area (Å²) < 4.78 is 16.1. The molecule has 0 radical (unpaired) electrons. The molecule has 0 fully saturated rings. The van der Waals surface area contributed by atoms with Crippen molar-refractivity contribution in [3.05, 3.63) is 89.5 Å². The average molecular weight is 671 g/mol. The zero-order valence-electron chi connectivity index (χ0n) is 30.2. The molecule has 0 aliphatic heterocycles. The van der Waals surface area contributed by atoms with Gasteiger partial charge < -0.3 is 14.2 Å². The van der Waals surface area contributed by atoms with Gasteiger partial charge in [0.2, 0.25) is 0 Å². The predicted molar refractivity (Wildman–Crippen MR) is 198 cm³/mol. The molecule has 0 heterocycles. The zero-order valence-corrected chi connectivity index (χ0v) is 30.2. The molecule has 6 nitrogen and oxygen atoms in total. The van der Waals surface area contributed by atoms with Gasteiger partial charge in [-0.15, -0.1) is 0 Å². The van der Waals surface area contributed by atoms with Crippen molar-refractivity contribution >= 4 is 17.9 Å². The van der Waals surface area contributed by atoms with Crippen LogP contribution in [0.5, 0.6) is 5.75 Å². The molecule has 3 aromatic rings. The second-order valence-electron chi connectivity index (χ2n) is 13.1. The highest BCUT2D eigenvalue weighted by Crippen LogP contribution is 2.23. The van der Waals surface area contributed by atoms with E-state index >= 15 is 0 Å². The lowest BCUT2D eigenvalue weighted by Gasteiger charge is -2.13. The molecule has 266 valence electrons. The maximum absolute atomic E-state index is 12.8. The first kappa shape index (κ1) is 39.5. The molecular weight excluding hydrogens is 612 g/mol. The lowest BCUT2D eigenvalue weighted by Crippen LogP contribution is -2.26. The minimum absolute atomic E-state index is 0.247. The largest absolute Gasteiger partial charge is 0.463 e. The first-order chi connectivity index (χ1) is 23.9. The topological polar surface area (TPSA) is 78.9 Å². The highest BCUT2D eigenvalue weighted by atomic mass is 16.6. The van der Waals surface area contributed by atoms with E-state index in [2.05, 4.69) is 38.1 Å². The van der Waals surface area contributed by atoms with Crippen molar-refractivity contribution in [1.82, 2.24) is 0 Å². The monoisotopic (exact) mass is 670 g/mol. The van der Waals surface area contributed by atoms with Crippen LogP contribution in [0.1, 0.15) is 150 Å². The van der Waals surface area contributed by atoms with Crippen molar-refractivity contribution in [3.8, 4) is 16.9 Å². The molecular formula is C43H58O6. The van der Waals surface area contributed by atoms with Crippen molar-refractivity contribution in [1.29, 1.82) is 0 Å². The van der Waals surface area contributed by atoms with E-state index in [1.54, 1.807) is 12.1 Å². The highest BCUT2D eigenvalue weighted by Gasteiger charge is 2.20. The summed E-state index contributed by atoms with van der Waals surface area (Å²) in [5.41, 5.74) is 4.16. The number of carbonyl (C=O) groups is 3. The van der Waals surface area contributed by atoms with Gasteiger partial charge in [0, 0.05) is 0 Å². The van der Waals surface area contributed by atoms with Crippen LogP contribution >= 0.6 is 0 Å². The fraction of sp³-hybridized carbons (Fsp3) is 0.512. The Morgan fingerprint density at radius 1 is 0.531 bits per heavy atom. The van der Waals surface area contributed by atoms with Gasteiger partial charge in [0.25, 0.3) is 0 Å². The molecule has 3 rings (SSSR count). The van der Waals surface area contributed by atoms with Crippen LogP contribution in [0.15, 0.2) is 72.8 Å². The lowest BCUT2D eigenvalue weighted by atomic mass is 10.00. The fourth-order valence-corrected chi connectivity index (χ4v) is 5.75. The molecule has 0 unspecified atom stereocenters. The molecule has 3 aromatic carbocycles. The van der Waals surface area contributed by atoms with Crippen molar-refractivity contribution in [2.45, 2.75) is 136 Å². The van der Waals surface area contributed by atoms with Crippen LogP contribution in [-0.4, -0.2) is 30.6 Å². The van der Waals surface area contributed by atoms with E-state index in [0.717, 1.165) is 36.8 Å².